The minimum Gasteiger partial charge on any atom is -0.506 e. The number of anilines is 1. The summed E-state index contributed by atoms with van der Waals surface area (Å²) in [6.45, 7) is 2.02. The number of benzene rings is 2. The van der Waals surface area contributed by atoms with Gasteiger partial charge in [-0.25, -0.2) is 9.29 Å². The zero-order chi connectivity index (χ0) is 18.4. The fourth-order valence-electron chi connectivity index (χ4n) is 3.11. The molecule has 2 amide bonds. The Morgan fingerprint density at radius 1 is 1.12 bits per heavy atom. The summed E-state index contributed by atoms with van der Waals surface area (Å²) in [5, 5.41) is 10.7. The van der Waals surface area contributed by atoms with E-state index in [0.29, 0.717) is 35.8 Å². The van der Waals surface area contributed by atoms with Crippen molar-refractivity contribution in [3.8, 4) is 11.5 Å². The summed E-state index contributed by atoms with van der Waals surface area (Å²) in [5.74, 6) is -1.17. The third-order valence-corrected chi connectivity index (χ3v) is 4.25. The largest absolute Gasteiger partial charge is 0.506 e. The van der Waals surface area contributed by atoms with Crippen molar-refractivity contribution in [2.75, 3.05) is 18.1 Å². The number of fused-ring (bicyclic) bond motifs is 2. The Morgan fingerprint density at radius 3 is 2.58 bits per heavy atom. The van der Waals surface area contributed by atoms with Gasteiger partial charge in [0.25, 0.3) is 5.91 Å². The second-order valence-electron chi connectivity index (χ2n) is 5.90. The summed E-state index contributed by atoms with van der Waals surface area (Å²) in [6.07, 6.45) is 0. The molecule has 0 saturated carbocycles. The molecule has 26 heavy (non-hydrogen) atoms. The molecule has 0 unspecified atom stereocenters. The van der Waals surface area contributed by atoms with E-state index in [0.717, 1.165) is 11.0 Å². The Bertz CT molecular complexity index is 982. The first-order valence-electron chi connectivity index (χ1n) is 7.95. The lowest BCUT2D eigenvalue weighted by Crippen LogP contribution is -2.31. The molecule has 2 aliphatic rings. The molecule has 0 radical (unpaired) electrons. The van der Waals surface area contributed by atoms with Crippen LogP contribution in [-0.2, 0) is 9.59 Å². The molecule has 0 saturated heterocycles. The summed E-state index contributed by atoms with van der Waals surface area (Å²) in [4.78, 5) is 25.4. The molecular weight excluding hydrogens is 341 g/mol. The van der Waals surface area contributed by atoms with Gasteiger partial charge in [0, 0.05) is 18.1 Å². The number of carbonyl (C=O) groups is 2. The van der Waals surface area contributed by atoms with E-state index >= 15 is 0 Å². The van der Waals surface area contributed by atoms with Crippen LogP contribution in [0.1, 0.15) is 18.1 Å². The monoisotopic (exact) mass is 355 g/mol. The minimum absolute atomic E-state index is 0.0631. The number of ether oxygens (including phenoxy) is 2. The first-order valence-corrected chi connectivity index (χ1v) is 7.95. The Balaban J connectivity index is 1.88. The molecule has 0 bridgehead atoms. The molecule has 4 rings (SSSR count). The van der Waals surface area contributed by atoms with Crippen LogP contribution in [0.2, 0.25) is 0 Å². The van der Waals surface area contributed by atoms with E-state index in [9.17, 15) is 19.1 Å². The lowest BCUT2D eigenvalue weighted by Gasteiger charge is -2.19. The van der Waals surface area contributed by atoms with Gasteiger partial charge in [0.05, 0.1) is 11.3 Å². The highest BCUT2D eigenvalue weighted by molar-refractivity contribution is 6.42. The van der Waals surface area contributed by atoms with Gasteiger partial charge in [0.15, 0.2) is 11.5 Å². The number of aliphatic hydroxyl groups is 1. The molecule has 1 N–H and O–H groups in total. The number of imide groups is 1. The molecule has 0 aliphatic carbocycles. The van der Waals surface area contributed by atoms with Gasteiger partial charge in [-0.2, -0.15) is 0 Å². The lowest BCUT2D eigenvalue weighted by molar-refractivity contribution is -0.122. The number of carbonyl (C=O) groups excluding carboxylic acids is 2. The van der Waals surface area contributed by atoms with Crippen LogP contribution in [0.4, 0.5) is 10.1 Å². The highest BCUT2D eigenvalue weighted by Crippen LogP contribution is 2.42. The van der Waals surface area contributed by atoms with Crippen molar-refractivity contribution in [2.24, 2.45) is 0 Å². The SMILES string of the molecule is CC(=O)N1C(=O)/C(=C(/O)c2ccc3c(c2)OCCO3)c2ccc(F)cc21. The summed E-state index contributed by atoms with van der Waals surface area (Å²) in [7, 11) is 0. The molecule has 2 aromatic carbocycles. The quantitative estimate of drug-likeness (QED) is 0.629. The van der Waals surface area contributed by atoms with Crippen LogP contribution in [0.25, 0.3) is 11.3 Å². The average molecular weight is 355 g/mol. The van der Waals surface area contributed by atoms with Crippen molar-refractivity contribution >= 4 is 28.8 Å². The van der Waals surface area contributed by atoms with Gasteiger partial charge >= 0.3 is 0 Å². The van der Waals surface area contributed by atoms with Crippen molar-refractivity contribution in [3.05, 3.63) is 53.3 Å². The molecule has 2 aromatic rings. The molecular formula is C19H14FNO5. The molecule has 0 fully saturated rings. The van der Waals surface area contributed by atoms with E-state index in [2.05, 4.69) is 0 Å². The summed E-state index contributed by atoms with van der Waals surface area (Å²) in [5.41, 5.74) is 0.672. The standard InChI is InChI=1S/C19H14FNO5/c1-10(22)21-14-9-12(20)3-4-13(14)17(19(21)24)18(23)11-2-5-15-16(8-11)26-7-6-25-15/h2-5,8-9,23H,6-7H2,1H3/b18-17+. The molecule has 0 atom stereocenters. The van der Waals surface area contributed by atoms with Gasteiger partial charge in [0.2, 0.25) is 5.91 Å². The van der Waals surface area contributed by atoms with Crippen LogP contribution in [0.3, 0.4) is 0 Å². The predicted molar refractivity (Wildman–Crippen MR) is 91.4 cm³/mol. The normalized spacial score (nSPS) is 17.2. The molecule has 0 aromatic heterocycles. The number of rotatable bonds is 1. The van der Waals surface area contributed by atoms with Gasteiger partial charge in [-0.3, -0.25) is 9.59 Å². The van der Waals surface area contributed by atoms with Crippen LogP contribution in [0.15, 0.2) is 36.4 Å². The molecule has 2 aliphatic heterocycles. The predicted octanol–water partition coefficient (Wildman–Crippen LogP) is 2.92. The van der Waals surface area contributed by atoms with Gasteiger partial charge in [-0.15, -0.1) is 0 Å². The van der Waals surface area contributed by atoms with Crippen molar-refractivity contribution in [2.45, 2.75) is 6.92 Å². The van der Waals surface area contributed by atoms with Gasteiger partial charge in [-0.05, 0) is 36.4 Å². The van der Waals surface area contributed by atoms with Crippen molar-refractivity contribution < 1.29 is 28.6 Å². The highest BCUT2D eigenvalue weighted by Gasteiger charge is 2.38. The fraction of sp³-hybridized carbons (Fsp3) is 0.158. The third kappa shape index (κ3) is 2.40. The zero-order valence-corrected chi connectivity index (χ0v) is 13.8. The van der Waals surface area contributed by atoms with E-state index in [1.165, 1.54) is 19.1 Å². The molecule has 132 valence electrons. The molecule has 6 nitrogen and oxygen atoms in total. The molecule has 2 heterocycles. The van der Waals surface area contributed by atoms with Crippen LogP contribution in [-0.4, -0.2) is 30.1 Å². The van der Waals surface area contributed by atoms with E-state index in [1.54, 1.807) is 18.2 Å². The number of halogens is 1. The zero-order valence-electron chi connectivity index (χ0n) is 13.8. The number of aliphatic hydroxyl groups excluding tert-OH is 1. The summed E-state index contributed by atoms with van der Waals surface area (Å²) < 4.78 is 24.5. The Hall–Kier alpha value is -3.35. The molecule has 7 heteroatoms. The topological polar surface area (TPSA) is 76.1 Å². The van der Waals surface area contributed by atoms with Gasteiger partial charge < -0.3 is 14.6 Å². The van der Waals surface area contributed by atoms with E-state index in [4.69, 9.17) is 9.47 Å². The van der Waals surface area contributed by atoms with Crippen molar-refractivity contribution in [1.29, 1.82) is 0 Å². The second-order valence-corrected chi connectivity index (χ2v) is 5.90. The summed E-state index contributed by atoms with van der Waals surface area (Å²) >= 11 is 0. The maximum atomic E-state index is 13.6. The van der Waals surface area contributed by atoms with Gasteiger partial charge in [-0.1, -0.05) is 0 Å². The minimum atomic E-state index is -0.703. The first kappa shape index (κ1) is 16.1. The van der Waals surface area contributed by atoms with E-state index < -0.39 is 17.6 Å². The van der Waals surface area contributed by atoms with Crippen LogP contribution < -0.4 is 14.4 Å². The van der Waals surface area contributed by atoms with Crippen molar-refractivity contribution in [3.63, 3.8) is 0 Å². The Kier molecular flexibility index (Phi) is 3.64. The Labute approximate surface area is 148 Å². The second kappa shape index (κ2) is 5.87. The van der Waals surface area contributed by atoms with E-state index in [-0.39, 0.29) is 17.0 Å². The summed E-state index contributed by atoms with van der Waals surface area (Å²) in [6, 6.07) is 8.42. The maximum absolute atomic E-state index is 13.6. The van der Waals surface area contributed by atoms with Gasteiger partial charge in [0.1, 0.15) is 24.8 Å². The van der Waals surface area contributed by atoms with Crippen LogP contribution in [0, 0.1) is 5.82 Å². The number of amides is 2. The lowest BCUT2D eigenvalue weighted by atomic mass is 10.0. The van der Waals surface area contributed by atoms with Crippen LogP contribution >= 0.6 is 0 Å². The van der Waals surface area contributed by atoms with E-state index in [1.807, 2.05) is 0 Å². The third-order valence-electron chi connectivity index (χ3n) is 4.25. The Morgan fingerprint density at radius 2 is 1.85 bits per heavy atom. The number of nitrogens with zero attached hydrogens (tertiary/aromatic N) is 1. The van der Waals surface area contributed by atoms with Crippen molar-refractivity contribution in [1.82, 2.24) is 0 Å². The average Bonchev–Trinajstić information content (AvgIpc) is 2.91. The first-order chi connectivity index (χ1) is 12.5. The maximum Gasteiger partial charge on any atom is 0.269 e. The molecule has 0 spiro atoms. The smallest absolute Gasteiger partial charge is 0.269 e. The highest BCUT2D eigenvalue weighted by atomic mass is 19.1. The number of hydrogen-bond acceptors (Lipinski definition) is 5. The fourth-order valence-corrected chi connectivity index (χ4v) is 3.11. The van der Waals surface area contributed by atoms with Crippen LogP contribution in [0.5, 0.6) is 11.5 Å². The number of hydrogen-bond donors (Lipinski definition) is 1.